The Hall–Kier alpha value is -2.96. The van der Waals surface area contributed by atoms with Gasteiger partial charge in [-0.15, -0.1) is 0 Å². The molecule has 0 saturated heterocycles. The van der Waals surface area contributed by atoms with E-state index < -0.39 is 10.0 Å². The molecule has 0 radical (unpaired) electrons. The highest BCUT2D eigenvalue weighted by atomic mass is 35.5. The molecule has 7 heteroatoms. The van der Waals surface area contributed by atoms with Crippen molar-refractivity contribution in [3.8, 4) is 5.75 Å². The van der Waals surface area contributed by atoms with Crippen molar-refractivity contribution in [2.45, 2.75) is 13.5 Å². The van der Waals surface area contributed by atoms with E-state index in [0.717, 1.165) is 11.0 Å². The number of allylic oxidation sites excluding steroid dienone is 3. The predicted octanol–water partition coefficient (Wildman–Crippen LogP) is 5.43. The number of hydrogen-bond acceptors (Lipinski definition) is 4. The van der Waals surface area contributed by atoms with Gasteiger partial charge in [-0.2, -0.15) is 0 Å². The Morgan fingerprint density at radius 1 is 1.20 bits per heavy atom. The summed E-state index contributed by atoms with van der Waals surface area (Å²) in [6.07, 6.45) is 6.50. The van der Waals surface area contributed by atoms with Crippen molar-refractivity contribution in [2.24, 2.45) is 0 Å². The van der Waals surface area contributed by atoms with Gasteiger partial charge in [-0.25, -0.2) is 8.42 Å². The largest absolute Gasteiger partial charge is 0.497 e. The van der Waals surface area contributed by atoms with Crippen molar-refractivity contribution in [2.75, 3.05) is 7.11 Å². The number of rotatable bonds is 10. The highest BCUT2D eigenvalue weighted by Gasteiger charge is 2.07. The minimum atomic E-state index is -3.74. The molecule has 1 N–H and O–H groups in total. The third-order valence-electron chi connectivity index (χ3n) is 3.75. The minimum Gasteiger partial charge on any atom is -0.497 e. The Balaban J connectivity index is 2.04. The van der Waals surface area contributed by atoms with Crippen LogP contribution in [0.2, 0.25) is 5.02 Å². The molecule has 0 atom stereocenters. The number of ether oxygens (including phenoxy) is 2. The van der Waals surface area contributed by atoms with E-state index in [1.165, 1.54) is 12.2 Å². The maximum Gasteiger partial charge on any atom is 0.255 e. The highest BCUT2D eigenvalue weighted by molar-refractivity contribution is 7.92. The molecule has 2 rings (SSSR count). The van der Waals surface area contributed by atoms with Crippen molar-refractivity contribution in [1.29, 1.82) is 0 Å². The molecule has 158 valence electrons. The van der Waals surface area contributed by atoms with E-state index in [2.05, 4.69) is 11.3 Å². The normalized spacial score (nSPS) is 12.3. The first-order valence-electron chi connectivity index (χ1n) is 9.07. The van der Waals surface area contributed by atoms with Crippen LogP contribution in [0.3, 0.4) is 0 Å². The highest BCUT2D eigenvalue weighted by Crippen LogP contribution is 2.15. The summed E-state index contributed by atoms with van der Waals surface area (Å²) in [5.74, 6) is 1.10. The summed E-state index contributed by atoms with van der Waals surface area (Å²) in [6, 6.07) is 14.4. The molecule has 0 aromatic heterocycles. The van der Waals surface area contributed by atoms with E-state index in [9.17, 15) is 8.42 Å². The van der Waals surface area contributed by atoms with E-state index >= 15 is 0 Å². The molecule has 0 aliphatic carbocycles. The first kappa shape index (κ1) is 23.3. The van der Waals surface area contributed by atoms with Crippen molar-refractivity contribution < 1.29 is 17.9 Å². The van der Waals surface area contributed by atoms with Gasteiger partial charge in [-0.3, -0.25) is 4.72 Å². The van der Waals surface area contributed by atoms with Crippen LogP contribution in [0.5, 0.6) is 5.75 Å². The van der Waals surface area contributed by atoms with Gasteiger partial charge in [0, 0.05) is 16.8 Å². The first-order chi connectivity index (χ1) is 14.3. The molecule has 2 aromatic rings. The van der Waals surface area contributed by atoms with Crippen LogP contribution in [0.4, 0.5) is 0 Å². The number of nitrogens with one attached hydrogen (secondary N) is 1. The molecule has 2 aromatic carbocycles. The van der Waals surface area contributed by atoms with Gasteiger partial charge in [0.1, 0.15) is 18.1 Å². The molecule has 0 aliphatic heterocycles. The number of benzene rings is 2. The van der Waals surface area contributed by atoms with E-state index in [4.69, 9.17) is 21.1 Å². The quantitative estimate of drug-likeness (QED) is 0.391. The molecular formula is C23H24ClNO4S. The SMILES string of the molecule is C=C(C=C(C=CC)OCc1cccc(Cl)c1)NS(=O)(=O)C=Cc1cccc(OC)c1. The van der Waals surface area contributed by atoms with Gasteiger partial charge in [-0.1, -0.05) is 48.5 Å². The van der Waals surface area contributed by atoms with E-state index in [1.807, 2.05) is 19.1 Å². The third-order valence-corrected chi connectivity index (χ3v) is 5.02. The molecule has 0 fully saturated rings. The Morgan fingerprint density at radius 3 is 2.67 bits per heavy atom. The fourth-order valence-corrected chi connectivity index (χ4v) is 3.47. The summed E-state index contributed by atoms with van der Waals surface area (Å²) in [5, 5.41) is 1.69. The summed E-state index contributed by atoms with van der Waals surface area (Å²) in [7, 11) is -2.19. The van der Waals surface area contributed by atoms with Crippen molar-refractivity contribution in [3.63, 3.8) is 0 Å². The summed E-state index contributed by atoms with van der Waals surface area (Å²) >= 11 is 5.98. The molecule has 0 spiro atoms. The Kier molecular flexibility index (Phi) is 8.77. The zero-order valence-corrected chi connectivity index (χ0v) is 18.4. The summed E-state index contributed by atoms with van der Waals surface area (Å²) in [6.45, 7) is 5.88. The van der Waals surface area contributed by atoms with Crippen LogP contribution in [0.15, 0.2) is 90.2 Å². The maximum absolute atomic E-state index is 12.3. The van der Waals surface area contributed by atoms with E-state index in [1.54, 1.807) is 55.7 Å². The monoisotopic (exact) mass is 445 g/mol. The molecule has 0 aliphatic rings. The summed E-state index contributed by atoms with van der Waals surface area (Å²) in [4.78, 5) is 0. The number of halogens is 1. The second kappa shape index (κ2) is 11.3. The first-order valence-corrected chi connectivity index (χ1v) is 11.0. The van der Waals surface area contributed by atoms with Crippen molar-refractivity contribution in [1.82, 2.24) is 4.72 Å². The number of sulfonamides is 1. The molecule has 0 heterocycles. The van der Waals surface area contributed by atoms with Crippen LogP contribution in [-0.2, 0) is 21.4 Å². The fraction of sp³-hybridized carbons (Fsp3) is 0.130. The molecule has 0 bridgehead atoms. The summed E-state index contributed by atoms with van der Waals surface area (Å²) in [5.41, 5.74) is 1.76. The Labute approximate surface area is 183 Å². The van der Waals surface area contributed by atoms with Crippen LogP contribution in [0, 0.1) is 0 Å². The second-order valence-corrected chi connectivity index (χ2v) is 8.22. The van der Waals surface area contributed by atoms with Crippen LogP contribution in [0.25, 0.3) is 6.08 Å². The Morgan fingerprint density at radius 2 is 1.97 bits per heavy atom. The maximum atomic E-state index is 12.3. The average molecular weight is 446 g/mol. The lowest BCUT2D eigenvalue weighted by molar-refractivity contribution is 0.211. The molecule has 0 unspecified atom stereocenters. The van der Waals surface area contributed by atoms with E-state index in [-0.39, 0.29) is 12.3 Å². The van der Waals surface area contributed by atoms with E-state index in [0.29, 0.717) is 22.1 Å². The van der Waals surface area contributed by atoms with Gasteiger partial charge in [0.25, 0.3) is 10.0 Å². The lowest BCUT2D eigenvalue weighted by Gasteiger charge is -2.10. The van der Waals surface area contributed by atoms with Gasteiger partial charge >= 0.3 is 0 Å². The van der Waals surface area contributed by atoms with Gasteiger partial charge < -0.3 is 9.47 Å². The summed E-state index contributed by atoms with van der Waals surface area (Å²) < 4.78 is 37.9. The predicted molar refractivity (Wildman–Crippen MR) is 122 cm³/mol. The number of hydrogen-bond donors (Lipinski definition) is 1. The van der Waals surface area contributed by atoms with Crippen LogP contribution < -0.4 is 9.46 Å². The molecule has 30 heavy (non-hydrogen) atoms. The van der Waals surface area contributed by atoms with Crippen LogP contribution in [0.1, 0.15) is 18.1 Å². The van der Waals surface area contributed by atoms with Gasteiger partial charge in [0.15, 0.2) is 0 Å². The molecule has 0 amide bonds. The fourth-order valence-electron chi connectivity index (χ4n) is 2.43. The third kappa shape index (κ3) is 8.19. The van der Waals surface area contributed by atoms with Crippen molar-refractivity contribution >= 4 is 27.7 Å². The molecular weight excluding hydrogens is 422 g/mol. The van der Waals surface area contributed by atoms with Crippen molar-refractivity contribution in [3.05, 3.63) is 106 Å². The zero-order valence-electron chi connectivity index (χ0n) is 16.8. The van der Waals surface area contributed by atoms with Gasteiger partial charge in [0.2, 0.25) is 0 Å². The smallest absolute Gasteiger partial charge is 0.255 e. The zero-order chi connectivity index (χ0) is 22.0. The van der Waals surface area contributed by atoms with Gasteiger partial charge in [-0.05, 0) is 54.5 Å². The Bertz CT molecular complexity index is 1070. The minimum absolute atomic E-state index is 0.171. The number of methoxy groups -OCH3 is 1. The standard InChI is InChI=1S/C23H24ClNO4S/c1-4-7-23(29-17-20-9-5-10-21(24)15-20)14-18(2)25-30(26,27)13-12-19-8-6-11-22(16-19)28-3/h4-16,25H,2,17H2,1,3H3. The second-order valence-electron chi connectivity index (χ2n) is 6.22. The van der Waals surface area contributed by atoms with Crippen LogP contribution in [-0.4, -0.2) is 15.5 Å². The molecule has 0 saturated carbocycles. The lowest BCUT2D eigenvalue weighted by atomic mass is 10.2. The lowest BCUT2D eigenvalue weighted by Crippen LogP contribution is -2.19. The molecule has 5 nitrogen and oxygen atoms in total. The topological polar surface area (TPSA) is 64.6 Å². The van der Waals surface area contributed by atoms with Crippen LogP contribution >= 0.6 is 11.6 Å². The van der Waals surface area contributed by atoms with Gasteiger partial charge in [0.05, 0.1) is 12.5 Å². The average Bonchev–Trinajstić information content (AvgIpc) is 2.70.